The summed E-state index contributed by atoms with van der Waals surface area (Å²) in [6, 6.07) is 6.18. The number of carbonyl (C=O) groups is 3. The molecule has 8 heteroatoms. The molecular weight excluding hydrogens is 312 g/mol. The molecule has 0 aliphatic carbocycles. The van der Waals surface area contributed by atoms with Gasteiger partial charge in [-0.2, -0.15) is 0 Å². The Morgan fingerprint density at radius 3 is 2.62 bits per heavy atom. The van der Waals surface area contributed by atoms with Crippen LogP contribution >= 0.6 is 0 Å². The number of urea groups is 1. The van der Waals surface area contributed by atoms with Crippen LogP contribution in [0.4, 0.5) is 10.5 Å². The largest absolute Gasteiger partial charge is 0.361 e. The lowest BCUT2D eigenvalue weighted by Gasteiger charge is -2.21. The second-order valence-electron chi connectivity index (χ2n) is 5.77. The van der Waals surface area contributed by atoms with Gasteiger partial charge in [-0.3, -0.25) is 14.9 Å². The van der Waals surface area contributed by atoms with Crippen molar-refractivity contribution in [2.45, 2.75) is 26.3 Å². The van der Waals surface area contributed by atoms with E-state index in [0.29, 0.717) is 28.3 Å². The van der Waals surface area contributed by atoms with Gasteiger partial charge in [0.15, 0.2) is 0 Å². The second kappa shape index (κ2) is 5.48. The molecule has 3 rings (SSSR count). The summed E-state index contributed by atoms with van der Waals surface area (Å²) in [6.07, 6.45) is 0. The summed E-state index contributed by atoms with van der Waals surface area (Å²) in [5.41, 5.74) is 0.741. The molecular formula is C16H16N4O4. The Morgan fingerprint density at radius 1 is 1.29 bits per heavy atom. The summed E-state index contributed by atoms with van der Waals surface area (Å²) in [5.74, 6) is -0.370. The van der Waals surface area contributed by atoms with Crippen LogP contribution in [0.2, 0.25) is 0 Å². The average molecular weight is 328 g/mol. The molecule has 3 N–H and O–H groups in total. The van der Waals surface area contributed by atoms with Gasteiger partial charge in [-0.1, -0.05) is 17.3 Å². The molecule has 0 bridgehead atoms. The number of nitrogens with one attached hydrogen (secondary N) is 3. The van der Waals surface area contributed by atoms with E-state index in [4.69, 9.17) is 4.52 Å². The van der Waals surface area contributed by atoms with Gasteiger partial charge in [-0.25, -0.2) is 4.79 Å². The molecule has 1 aliphatic heterocycles. The van der Waals surface area contributed by atoms with Crippen LogP contribution in [0.25, 0.3) is 0 Å². The lowest BCUT2D eigenvalue weighted by molar-refractivity contribution is -0.123. The minimum Gasteiger partial charge on any atom is -0.361 e. The van der Waals surface area contributed by atoms with Crippen molar-refractivity contribution in [1.82, 2.24) is 15.8 Å². The standard InChI is InChI=1S/C16H16N4O4/c1-8-12(9(2)24-20-8)13(21)17-11-6-4-5-10(7-11)16(3)14(22)18-15(23)19-16/h4-7H,1-3H3,(H,17,21)(H2,18,19,22,23). The van der Waals surface area contributed by atoms with Crippen LogP contribution in [-0.2, 0) is 10.3 Å². The predicted octanol–water partition coefficient (Wildman–Crippen LogP) is 1.60. The molecule has 1 atom stereocenters. The van der Waals surface area contributed by atoms with Gasteiger partial charge in [-0.15, -0.1) is 0 Å². The normalized spacial score (nSPS) is 19.8. The molecule has 0 radical (unpaired) electrons. The first-order chi connectivity index (χ1) is 11.3. The Balaban J connectivity index is 1.88. The van der Waals surface area contributed by atoms with Crippen LogP contribution in [0.5, 0.6) is 0 Å². The molecule has 24 heavy (non-hydrogen) atoms. The van der Waals surface area contributed by atoms with Gasteiger partial charge < -0.3 is 15.2 Å². The summed E-state index contributed by atoms with van der Waals surface area (Å²) in [6.45, 7) is 4.94. The highest BCUT2D eigenvalue weighted by molar-refractivity contribution is 6.08. The lowest BCUT2D eigenvalue weighted by Crippen LogP contribution is -2.40. The van der Waals surface area contributed by atoms with Gasteiger partial charge >= 0.3 is 6.03 Å². The van der Waals surface area contributed by atoms with Crippen LogP contribution < -0.4 is 16.0 Å². The zero-order chi connectivity index (χ0) is 17.5. The molecule has 4 amide bonds. The molecule has 1 aromatic carbocycles. The van der Waals surface area contributed by atoms with Crippen molar-refractivity contribution in [2.75, 3.05) is 5.32 Å². The first-order valence-corrected chi connectivity index (χ1v) is 7.29. The Hall–Kier alpha value is -3.16. The minimum atomic E-state index is -1.18. The van der Waals surface area contributed by atoms with Gasteiger partial charge in [0, 0.05) is 5.69 Å². The maximum absolute atomic E-state index is 12.4. The van der Waals surface area contributed by atoms with E-state index in [-0.39, 0.29) is 5.91 Å². The van der Waals surface area contributed by atoms with Gasteiger partial charge in [-0.05, 0) is 38.5 Å². The number of anilines is 1. The maximum atomic E-state index is 12.4. The maximum Gasteiger partial charge on any atom is 0.322 e. The van der Waals surface area contributed by atoms with Crippen LogP contribution in [0.15, 0.2) is 28.8 Å². The SMILES string of the molecule is Cc1noc(C)c1C(=O)Nc1cccc(C2(C)NC(=O)NC2=O)c1. The van der Waals surface area contributed by atoms with Crippen molar-refractivity contribution in [1.29, 1.82) is 0 Å². The van der Waals surface area contributed by atoms with Crippen molar-refractivity contribution >= 4 is 23.5 Å². The van der Waals surface area contributed by atoms with Gasteiger partial charge in [0.2, 0.25) is 0 Å². The number of aromatic nitrogens is 1. The molecule has 1 aromatic heterocycles. The molecule has 2 heterocycles. The molecule has 2 aromatic rings. The molecule has 1 saturated heterocycles. The molecule has 1 unspecified atom stereocenters. The van der Waals surface area contributed by atoms with Crippen LogP contribution in [0.1, 0.15) is 34.3 Å². The zero-order valence-electron chi connectivity index (χ0n) is 13.4. The molecule has 1 aliphatic rings. The fourth-order valence-electron chi connectivity index (χ4n) is 2.66. The summed E-state index contributed by atoms with van der Waals surface area (Å²) < 4.78 is 4.99. The fraction of sp³-hybridized carbons (Fsp3) is 0.250. The van der Waals surface area contributed by atoms with Crippen molar-refractivity contribution in [2.24, 2.45) is 0 Å². The summed E-state index contributed by atoms with van der Waals surface area (Å²) in [4.78, 5) is 35.8. The molecule has 8 nitrogen and oxygen atoms in total. The number of hydrogen-bond donors (Lipinski definition) is 3. The topological polar surface area (TPSA) is 113 Å². The number of imide groups is 1. The number of rotatable bonds is 3. The van der Waals surface area contributed by atoms with E-state index in [0.717, 1.165) is 0 Å². The van der Waals surface area contributed by atoms with Crippen molar-refractivity contribution in [3.63, 3.8) is 0 Å². The van der Waals surface area contributed by atoms with E-state index >= 15 is 0 Å². The highest BCUT2D eigenvalue weighted by Crippen LogP contribution is 2.27. The Morgan fingerprint density at radius 2 is 2.04 bits per heavy atom. The number of benzene rings is 1. The quantitative estimate of drug-likeness (QED) is 0.741. The molecule has 1 fully saturated rings. The predicted molar refractivity (Wildman–Crippen MR) is 84.4 cm³/mol. The smallest absolute Gasteiger partial charge is 0.322 e. The van der Waals surface area contributed by atoms with E-state index in [1.165, 1.54) is 0 Å². The molecule has 0 spiro atoms. The van der Waals surface area contributed by atoms with Crippen molar-refractivity contribution in [3.05, 3.63) is 46.8 Å². The van der Waals surface area contributed by atoms with Crippen molar-refractivity contribution in [3.8, 4) is 0 Å². The van der Waals surface area contributed by atoms with E-state index in [1.807, 2.05) is 0 Å². The number of amides is 4. The first kappa shape index (κ1) is 15.7. The third-order valence-corrected chi connectivity index (χ3v) is 4.00. The van der Waals surface area contributed by atoms with E-state index in [2.05, 4.69) is 21.1 Å². The van der Waals surface area contributed by atoms with Gasteiger partial charge in [0.1, 0.15) is 16.9 Å². The van der Waals surface area contributed by atoms with E-state index < -0.39 is 17.5 Å². The van der Waals surface area contributed by atoms with Crippen LogP contribution in [0, 0.1) is 13.8 Å². The monoisotopic (exact) mass is 328 g/mol. The summed E-state index contributed by atoms with van der Waals surface area (Å²) >= 11 is 0. The Labute approximate surface area is 137 Å². The average Bonchev–Trinajstić information content (AvgIpc) is 2.99. The highest BCUT2D eigenvalue weighted by Gasteiger charge is 2.43. The third kappa shape index (κ3) is 2.51. The van der Waals surface area contributed by atoms with Gasteiger partial charge in [0.05, 0.1) is 5.69 Å². The van der Waals surface area contributed by atoms with E-state index in [1.54, 1.807) is 45.0 Å². The second-order valence-corrected chi connectivity index (χ2v) is 5.77. The zero-order valence-corrected chi connectivity index (χ0v) is 13.4. The summed E-state index contributed by atoms with van der Waals surface area (Å²) in [7, 11) is 0. The molecule has 0 saturated carbocycles. The number of nitrogens with zero attached hydrogens (tertiary/aromatic N) is 1. The minimum absolute atomic E-state index is 0.353. The Bertz CT molecular complexity index is 838. The summed E-state index contributed by atoms with van der Waals surface area (Å²) in [5, 5.41) is 11.3. The first-order valence-electron chi connectivity index (χ1n) is 7.29. The lowest BCUT2D eigenvalue weighted by atomic mass is 9.92. The molecule has 124 valence electrons. The van der Waals surface area contributed by atoms with Crippen LogP contribution in [0.3, 0.4) is 0 Å². The van der Waals surface area contributed by atoms with Crippen LogP contribution in [-0.4, -0.2) is 23.0 Å². The number of hydrogen-bond acceptors (Lipinski definition) is 5. The number of aryl methyl sites for hydroxylation is 2. The Kier molecular flexibility index (Phi) is 3.59. The highest BCUT2D eigenvalue weighted by atomic mass is 16.5. The third-order valence-electron chi connectivity index (χ3n) is 4.00. The number of carbonyl (C=O) groups excluding carboxylic acids is 3. The van der Waals surface area contributed by atoms with Gasteiger partial charge in [0.25, 0.3) is 11.8 Å². The van der Waals surface area contributed by atoms with E-state index in [9.17, 15) is 14.4 Å². The van der Waals surface area contributed by atoms with Crippen molar-refractivity contribution < 1.29 is 18.9 Å². The fourth-order valence-corrected chi connectivity index (χ4v) is 2.66.